The van der Waals surface area contributed by atoms with Crippen molar-refractivity contribution in [1.82, 2.24) is 0 Å². The van der Waals surface area contributed by atoms with E-state index in [9.17, 15) is 19.1 Å². The Kier molecular flexibility index (Phi) is 5.32. The van der Waals surface area contributed by atoms with Gasteiger partial charge in [-0.3, -0.25) is 9.59 Å². The predicted molar refractivity (Wildman–Crippen MR) is 107 cm³/mol. The van der Waals surface area contributed by atoms with E-state index in [0.29, 0.717) is 17.9 Å². The maximum absolute atomic E-state index is 13.5. The SMILES string of the molecule is O=C(CCc1cc(F)cc(Cl)c1)[C@@]1(O)CCN(c2ccc3c(c2)CCCO3)C1=O. The summed E-state index contributed by atoms with van der Waals surface area (Å²) in [6.45, 7) is 0.937. The van der Waals surface area contributed by atoms with E-state index in [0.717, 1.165) is 24.2 Å². The van der Waals surface area contributed by atoms with Gasteiger partial charge in [-0.25, -0.2) is 4.39 Å². The first-order chi connectivity index (χ1) is 13.9. The van der Waals surface area contributed by atoms with E-state index >= 15 is 0 Å². The average Bonchev–Trinajstić information content (AvgIpc) is 3.01. The number of hydrogen-bond acceptors (Lipinski definition) is 4. The van der Waals surface area contributed by atoms with Crippen LogP contribution in [0.15, 0.2) is 36.4 Å². The van der Waals surface area contributed by atoms with Crippen LogP contribution in [-0.2, 0) is 22.4 Å². The molecular formula is C22H21ClFNO4. The number of amides is 1. The molecule has 2 aliphatic rings. The van der Waals surface area contributed by atoms with Crippen LogP contribution in [-0.4, -0.2) is 35.5 Å². The van der Waals surface area contributed by atoms with Gasteiger partial charge in [-0.2, -0.15) is 0 Å². The van der Waals surface area contributed by atoms with Gasteiger partial charge in [0.25, 0.3) is 5.91 Å². The molecule has 0 bridgehead atoms. The fourth-order valence-corrected chi connectivity index (χ4v) is 4.19. The Balaban J connectivity index is 1.47. The molecule has 29 heavy (non-hydrogen) atoms. The summed E-state index contributed by atoms with van der Waals surface area (Å²) in [6, 6.07) is 9.53. The van der Waals surface area contributed by atoms with Crippen LogP contribution in [0.5, 0.6) is 5.75 Å². The Morgan fingerprint density at radius 1 is 1.28 bits per heavy atom. The lowest BCUT2D eigenvalue weighted by Gasteiger charge is -2.23. The smallest absolute Gasteiger partial charge is 0.266 e. The Labute approximate surface area is 173 Å². The summed E-state index contributed by atoms with van der Waals surface area (Å²) in [7, 11) is 0. The van der Waals surface area contributed by atoms with Crippen molar-refractivity contribution in [2.24, 2.45) is 0 Å². The van der Waals surface area contributed by atoms with Gasteiger partial charge in [0.2, 0.25) is 5.60 Å². The average molecular weight is 418 g/mol. The Hall–Kier alpha value is -2.44. The number of carbonyl (C=O) groups excluding carboxylic acids is 2. The van der Waals surface area contributed by atoms with Crippen molar-refractivity contribution in [1.29, 1.82) is 0 Å². The third-order valence-corrected chi connectivity index (χ3v) is 5.74. The number of anilines is 1. The molecule has 0 aromatic heterocycles. The monoisotopic (exact) mass is 417 g/mol. The van der Waals surface area contributed by atoms with Crippen molar-refractivity contribution >= 4 is 29.0 Å². The molecule has 2 aromatic rings. The van der Waals surface area contributed by atoms with Crippen LogP contribution in [0.25, 0.3) is 0 Å². The van der Waals surface area contributed by atoms with E-state index in [1.807, 2.05) is 12.1 Å². The Morgan fingerprint density at radius 3 is 2.90 bits per heavy atom. The first-order valence-electron chi connectivity index (χ1n) is 9.65. The number of halogens is 2. The molecule has 5 nitrogen and oxygen atoms in total. The van der Waals surface area contributed by atoms with Gasteiger partial charge in [0.05, 0.1) is 6.61 Å². The number of Topliss-reactive ketones (excluding diaryl/α,β-unsaturated/α-hetero) is 1. The highest BCUT2D eigenvalue weighted by atomic mass is 35.5. The quantitative estimate of drug-likeness (QED) is 0.756. The topological polar surface area (TPSA) is 66.8 Å². The van der Waals surface area contributed by atoms with Crippen LogP contribution in [0.1, 0.15) is 30.4 Å². The molecule has 2 aliphatic heterocycles. The first-order valence-corrected chi connectivity index (χ1v) is 10.0. The summed E-state index contributed by atoms with van der Waals surface area (Å²) in [5.41, 5.74) is 0.166. The molecule has 7 heteroatoms. The third kappa shape index (κ3) is 3.87. The molecule has 1 fully saturated rings. The van der Waals surface area contributed by atoms with Gasteiger partial charge in [-0.15, -0.1) is 0 Å². The van der Waals surface area contributed by atoms with Crippen LogP contribution in [0.4, 0.5) is 10.1 Å². The fourth-order valence-electron chi connectivity index (χ4n) is 3.95. The van der Waals surface area contributed by atoms with E-state index in [1.54, 1.807) is 12.1 Å². The minimum atomic E-state index is -2.05. The van der Waals surface area contributed by atoms with E-state index < -0.39 is 23.1 Å². The van der Waals surface area contributed by atoms with Gasteiger partial charge in [0.1, 0.15) is 11.6 Å². The lowest BCUT2D eigenvalue weighted by Crippen LogP contribution is -2.47. The van der Waals surface area contributed by atoms with Crippen LogP contribution in [0.2, 0.25) is 5.02 Å². The molecule has 1 N–H and O–H groups in total. The number of ketones is 1. The standard InChI is InChI=1S/C22H21ClFNO4/c23-16-10-14(11-17(24)13-16)3-6-20(26)22(28)7-8-25(21(22)27)18-4-5-19-15(12-18)2-1-9-29-19/h4-5,10-13,28H,1-3,6-9H2/t22-/m0/s1. The molecule has 0 spiro atoms. The molecule has 1 atom stereocenters. The highest BCUT2D eigenvalue weighted by Gasteiger charge is 2.50. The molecule has 4 rings (SSSR count). The summed E-state index contributed by atoms with van der Waals surface area (Å²) in [5, 5.41) is 11.1. The van der Waals surface area contributed by atoms with Crippen molar-refractivity contribution < 1.29 is 23.8 Å². The number of benzene rings is 2. The number of aryl methyl sites for hydroxylation is 2. The van der Waals surface area contributed by atoms with Crippen LogP contribution < -0.4 is 9.64 Å². The van der Waals surface area contributed by atoms with Crippen molar-refractivity contribution in [3.63, 3.8) is 0 Å². The summed E-state index contributed by atoms with van der Waals surface area (Å²) < 4.78 is 19.1. The van der Waals surface area contributed by atoms with E-state index in [-0.39, 0.29) is 30.8 Å². The molecule has 2 aromatic carbocycles. The fraction of sp³-hybridized carbons (Fsp3) is 0.364. The van der Waals surface area contributed by atoms with E-state index in [4.69, 9.17) is 16.3 Å². The number of aliphatic hydroxyl groups is 1. The zero-order chi connectivity index (χ0) is 20.6. The molecule has 0 radical (unpaired) electrons. The van der Waals surface area contributed by atoms with Crippen molar-refractivity contribution in [2.45, 2.75) is 37.7 Å². The second-order valence-electron chi connectivity index (χ2n) is 7.51. The molecular weight excluding hydrogens is 397 g/mol. The normalized spacial score (nSPS) is 21.1. The number of rotatable bonds is 5. The lowest BCUT2D eigenvalue weighted by molar-refractivity contribution is -0.147. The van der Waals surface area contributed by atoms with Gasteiger partial charge >= 0.3 is 0 Å². The summed E-state index contributed by atoms with van der Waals surface area (Å²) in [4.78, 5) is 27.0. The Morgan fingerprint density at radius 2 is 2.10 bits per heavy atom. The maximum Gasteiger partial charge on any atom is 0.266 e. The number of fused-ring (bicyclic) bond motifs is 1. The van der Waals surface area contributed by atoms with Crippen molar-refractivity contribution in [3.05, 3.63) is 58.4 Å². The van der Waals surface area contributed by atoms with Crippen molar-refractivity contribution in [3.8, 4) is 5.75 Å². The molecule has 0 unspecified atom stereocenters. The summed E-state index contributed by atoms with van der Waals surface area (Å²) >= 11 is 5.84. The zero-order valence-corrected chi connectivity index (χ0v) is 16.5. The lowest BCUT2D eigenvalue weighted by atomic mass is 9.92. The molecule has 1 saturated heterocycles. The van der Waals surface area contributed by atoms with Gasteiger partial charge in [-0.1, -0.05) is 11.6 Å². The van der Waals surface area contributed by atoms with Gasteiger partial charge in [-0.05, 0) is 66.8 Å². The number of carbonyl (C=O) groups is 2. The van der Waals surface area contributed by atoms with Crippen LogP contribution in [0.3, 0.4) is 0 Å². The largest absolute Gasteiger partial charge is 0.493 e. The van der Waals surface area contributed by atoms with E-state index in [1.165, 1.54) is 17.0 Å². The number of ether oxygens (including phenoxy) is 1. The second-order valence-corrected chi connectivity index (χ2v) is 7.95. The molecule has 0 saturated carbocycles. The van der Waals surface area contributed by atoms with E-state index in [2.05, 4.69) is 0 Å². The van der Waals surface area contributed by atoms with Gasteiger partial charge < -0.3 is 14.7 Å². The number of nitrogens with zero attached hydrogens (tertiary/aromatic N) is 1. The maximum atomic E-state index is 13.5. The minimum Gasteiger partial charge on any atom is -0.493 e. The predicted octanol–water partition coefficient (Wildman–Crippen LogP) is 3.47. The summed E-state index contributed by atoms with van der Waals surface area (Å²) in [5.74, 6) is -0.854. The van der Waals surface area contributed by atoms with Crippen LogP contribution in [0, 0.1) is 5.82 Å². The Bertz CT molecular complexity index is 959. The minimum absolute atomic E-state index is 0.0299. The highest BCUT2D eigenvalue weighted by molar-refractivity contribution is 6.30. The number of hydrogen-bond donors (Lipinski definition) is 1. The second kappa shape index (κ2) is 7.76. The van der Waals surface area contributed by atoms with Crippen molar-refractivity contribution in [2.75, 3.05) is 18.1 Å². The van der Waals surface area contributed by atoms with Gasteiger partial charge in [0.15, 0.2) is 5.78 Å². The highest BCUT2D eigenvalue weighted by Crippen LogP contribution is 2.34. The molecule has 152 valence electrons. The van der Waals surface area contributed by atoms with Crippen LogP contribution >= 0.6 is 11.6 Å². The van der Waals surface area contributed by atoms with Gasteiger partial charge in [0, 0.05) is 30.1 Å². The molecule has 2 heterocycles. The molecule has 1 amide bonds. The molecule has 0 aliphatic carbocycles. The summed E-state index contributed by atoms with van der Waals surface area (Å²) in [6.07, 6.45) is 1.93. The third-order valence-electron chi connectivity index (χ3n) is 5.52. The zero-order valence-electron chi connectivity index (χ0n) is 15.8. The first kappa shape index (κ1) is 19.9.